The third-order valence-electron chi connectivity index (χ3n) is 2.19. The largest absolute Gasteiger partial charge is 0.287 e. The molecule has 0 N–H and O–H groups in total. The van der Waals surface area contributed by atoms with Gasteiger partial charge in [0, 0.05) is 11.7 Å². The van der Waals surface area contributed by atoms with Crippen LogP contribution < -0.4 is 0 Å². The minimum atomic E-state index is 0.390. The fraction of sp³-hybridized carbons (Fsp3) is 0.625. The van der Waals surface area contributed by atoms with E-state index in [1.54, 1.807) is 0 Å². The molecule has 0 bridgehead atoms. The van der Waals surface area contributed by atoms with Crippen LogP contribution in [0.5, 0.6) is 0 Å². The standard InChI is InChI=1S/C8H10OS/c9-8-5-6-3-1-2-4-7(6)10-8/h2,4,6-7H,1,3,5H2. The molecule has 2 unspecified atom stereocenters. The summed E-state index contributed by atoms with van der Waals surface area (Å²) < 4.78 is 0. The molecule has 1 saturated heterocycles. The third kappa shape index (κ3) is 1.01. The van der Waals surface area contributed by atoms with E-state index >= 15 is 0 Å². The van der Waals surface area contributed by atoms with Crippen molar-refractivity contribution in [2.75, 3.05) is 0 Å². The van der Waals surface area contributed by atoms with Crippen molar-refractivity contribution in [3.63, 3.8) is 0 Å². The van der Waals surface area contributed by atoms with Crippen molar-refractivity contribution in [1.82, 2.24) is 0 Å². The molecule has 1 aliphatic carbocycles. The minimum Gasteiger partial charge on any atom is -0.287 e. The van der Waals surface area contributed by atoms with Crippen molar-refractivity contribution in [3.05, 3.63) is 12.2 Å². The molecule has 2 heteroatoms. The number of carbonyl (C=O) groups excluding carboxylic acids is 1. The van der Waals surface area contributed by atoms with Crippen molar-refractivity contribution in [2.45, 2.75) is 24.5 Å². The number of hydrogen-bond acceptors (Lipinski definition) is 2. The van der Waals surface area contributed by atoms with Gasteiger partial charge in [0.2, 0.25) is 0 Å². The minimum absolute atomic E-state index is 0.390. The van der Waals surface area contributed by atoms with E-state index in [2.05, 4.69) is 12.2 Å². The number of allylic oxidation sites excluding steroid dienone is 1. The molecule has 1 aliphatic heterocycles. The van der Waals surface area contributed by atoms with E-state index in [0.717, 1.165) is 6.42 Å². The van der Waals surface area contributed by atoms with Gasteiger partial charge in [-0.05, 0) is 18.8 Å². The van der Waals surface area contributed by atoms with Gasteiger partial charge in [-0.25, -0.2) is 0 Å². The lowest BCUT2D eigenvalue weighted by Gasteiger charge is -2.16. The van der Waals surface area contributed by atoms with Gasteiger partial charge < -0.3 is 0 Å². The van der Waals surface area contributed by atoms with Gasteiger partial charge in [-0.3, -0.25) is 4.79 Å². The van der Waals surface area contributed by atoms with Crippen LogP contribution in [-0.2, 0) is 4.79 Å². The second-order valence-electron chi connectivity index (χ2n) is 2.92. The number of thioether (sulfide) groups is 1. The maximum atomic E-state index is 10.9. The highest BCUT2D eigenvalue weighted by molar-refractivity contribution is 8.14. The fourth-order valence-electron chi connectivity index (χ4n) is 1.63. The molecule has 54 valence electrons. The Bertz CT molecular complexity index is 186. The van der Waals surface area contributed by atoms with Crippen molar-refractivity contribution < 1.29 is 4.79 Å². The van der Waals surface area contributed by atoms with Crippen LogP contribution in [-0.4, -0.2) is 10.4 Å². The van der Waals surface area contributed by atoms with Crippen LogP contribution in [0, 0.1) is 5.92 Å². The summed E-state index contributed by atoms with van der Waals surface area (Å²) in [5.74, 6) is 0.669. The highest BCUT2D eigenvalue weighted by Crippen LogP contribution is 2.39. The zero-order valence-electron chi connectivity index (χ0n) is 5.75. The van der Waals surface area contributed by atoms with Crippen LogP contribution in [0.1, 0.15) is 19.3 Å². The number of hydrogen-bond donors (Lipinski definition) is 0. The Hall–Kier alpha value is -0.240. The van der Waals surface area contributed by atoms with Gasteiger partial charge >= 0.3 is 0 Å². The Morgan fingerprint density at radius 3 is 3.30 bits per heavy atom. The fourth-order valence-corrected chi connectivity index (χ4v) is 2.86. The molecule has 0 radical (unpaired) electrons. The molecule has 2 aliphatic rings. The normalized spacial score (nSPS) is 38.2. The Kier molecular flexibility index (Phi) is 1.57. The lowest BCUT2D eigenvalue weighted by molar-refractivity contribution is -0.111. The van der Waals surface area contributed by atoms with Gasteiger partial charge in [0.15, 0.2) is 5.12 Å². The Labute approximate surface area is 64.9 Å². The van der Waals surface area contributed by atoms with Crippen LogP contribution in [0.3, 0.4) is 0 Å². The summed E-state index contributed by atoms with van der Waals surface area (Å²) >= 11 is 1.52. The first kappa shape index (κ1) is 6.47. The molecule has 0 amide bonds. The molecule has 2 rings (SSSR count). The molecule has 2 atom stereocenters. The Morgan fingerprint density at radius 1 is 1.60 bits per heavy atom. The molecular formula is C8H10OS. The summed E-state index contributed by atoms with van der Waals surface area (Å²) in [6, 6.07) is 0. The monoisotopic (exact) mass is 154 g/mol. The van der Waals surface area contributed by atoms with Crippen LogP contribution in [0.2, 0.25) is 0 Å². The lowest BCUT2D eigenvalue weighted by atomic mass is 9.92. The summed E-state index contributed by atoms with van der Waals surface area (Å²) in [5.41, 5.74) is 0. The van der Waals surface area contributed by atoms with Gasteiger partial charge in [0.1, 0.15) is 0 Å². The zero-order chi connectivity index (χ0) is 6.97. The second kappa shape index (κ2) is 2.42. The molecule has 10 heavy (non-hydrogen) atoms. The zero-order valence-corrected chi connectivity index (χ0v) is 6.56. The van der Waals surface area contributed by atoms with Crippen LogP contribution >= 0.6 is 11.8 Å². The van der Waals surface area contributed by atoms with Crippen LogP contribution in [0.25, 0.3) is 0 Å². The van der Waals surface area contributed by atoms with Gasteiger partial charge in [0.25, 0.3) is 0 Å². The van der Waals surface area contributed by atoms with Crippen molar-refractivity contribution in [3.8, 4) is 0 Å². The SMILES string of the molecule is O=C1CC2CCC=CC2S1. The Morgan fingerprint density at radius 2 is 2.50 bits per heavy atom. The average molecular weight is 154 g/mol. The lowest BCUT2D eigenvalue weighted by Crippen LogP contribution is -2.11. The first-order valence-corrected chi connectivity index (χ1v) is 4.60. The summed E-state index contributed by atoms with van der Waals surface area (Å²) in [5, 5.41) is 0.919. The first-order valence-electron chi connectivity index (χ1n) is 3.72. The second-order valence-corrected chi connectivity index (χ2v) is 4.16. The van der Waals surface area contributed by atoms with Gasteiger partial charge in [-0.2, -0.15) is 0 Å². The maximum Gasteiger partial charge on any atom is 0.189 e. The van der Waals surface area contributed by atoms with E-state index in [0.29, 0.717) is 16.3 Å². The molecule has 0 aromatic rings. The molecule has 0 aromatic heterocycles. The van der Waals surface area contributed by atoms with Gasteiger partial charge in [-0.1, -0.05) is 23.9 Å². The quantitative estimate of drug-likeness (QED) is 0.496. The van der Waals surface area contributed by atoms with Crippen molar-refractivity contribution in [1.29, 1.82) is 0 Å². The maximum absolute atomic E-state index is 10.9. The average Bonchev–Trinajstić information content (AvgIpc) is 2.27. The van der Waals surface area contributed by atoms with Gasteiger partial charge in [0.05, 0.1) is 0 Å². The van der Waals surface area contributed by atoms with Crippen LogP contribution in [0.4, 0.5) is 0 Å². The third-order valence-corrected chi connectivity index (χ3v) is 3.43. The summed E-state index contributed by atoms with van der Waals surface area (Å²) in [7, 11) is 0. The number of rotatable bonds is 0. The Balaban J connectivity index is 2.15. The van der Waals surface area contributed by atoms with E-state index in [1.165, 1.54) is 24.6 Å². The molecular weight excluding hydrogens is 144 g/mol. The topological polar surface area (TPSA) is 17.1 Å². The van der Waals surface area contributed by atoms with E-state index in [1.807, 2.05) is 0 Å². The van der Waals surface area contributed by atoms with E-state index in [9.17, 15) is 4.79 Å². The summed E-state index contributed by atoms with van der Waals surface area (Å²) in [4.78, 5) is 10.9. The predicted molar refractivity (Wildman–Crippen MR) is 42.9 cm³/mol. The van der Waals surface area contributed by atoms with Crippen molar-refractivity contribution >= 4 is 16.9 Å². The van der Waals surface area contributed by atoms with Crippen molar-refractivity contribution in [2.24, 2.45) is 5.92 Å². The molecule has 1 heterocycles. The highest BCUT2D eigenvalue weighted by atomic mass is 32.2. The van der Waals surface area contributed by atoms with E-state index in [4.69, 9.17) is 0 Å². The summed E-state index contributed by atoms with van der Waals surface area (Å²) in [6.07, 6.45) is 7.62. The van der Waals surface area contributed by atoms with E-state index < -0.39 is 0 Å². The van der Waals surface area contributed by atoms with Gasteiger partial charge in [-0.15, -0.1) is 0 Å². The predicted octanol–water partition coefficient (Wildman–Crippen LogP) is 1.98. The molecule has 1 nitrogen and oxygen atoms in total. The highest BCUT2D eigenvalue weighted by Gasteiger charge is 2.32. The first-order chi connectivity index (χ1) is 4.86. The molecule has 0 spiro atoms. The van der Waals surface area contributed by atoms with E-state index in [-0.39, 0.29) is 0 Å². The number of fused-ring (bicyclic) bond motifs is 1. The molecule has 1 fully saturated rings. The number of carbonyl (C=O) groups is 1. The molecule has 0 saturated carbocycles. The molecule has 0 aromatic carbocycles. The van der Waals surface area contributed by atoms with Crippen LogP contribution in [0.15, 0.2) is 12.2 Å². The summed E-state index contributed by atoms with van der Waals surface area (Å²) in [6.45, 7) is 0. The smallest absolute Gasteiger partial charge is 0.189 e.